The van der Waals surface area contributed by atoms with E-state index in [1.807, 2.05) is 4.90 Å². The van der Waals surface area contributed by atoms with E-state index in [9.17, 15) is 14.4 Å². The van der Waals surface area contributed by atoms with Crippen LogP contribution >= 0.6 is 0 Å². The molecule has 1 aliphatic heterocycles. The van der Waals surface area contributed by atoms with Crippen molar-refractivity contribution in [3.8, 4) is 0 Å². The maximum Gasteiger partial charge on any atom is 0.254 e. The van der Waals surface area contributed by atoms with Crippen molar-refractivity contribution < 1.29 is 14.4 Å². The highest BCUT2D eigenvalue weighted by Crippen LogP contribution is 2.28. The van der Waals surface area contributed by atoms with Gasteiger partial charge in [0, 0.05) is 63.0 Å². The van der Waals surface area contributed by atoms with E-state index in [2.05, 4.69) is 15.5 Å². The molecule has 0 spiro atoms. The molecule has 25 heavy (non-hydrogen) atoms. The maximum absolute atomic E-state index is 12.8. The first-order chi connectivity index (χ1) is 11.9. The second-order valence-corrected chi connectivity index (χ2v) is 6.72. The molecule has 3 rings (SSSR count). The molecule has 0 bridgehead atoms. The van der Waals surface area contributed by atoms with Crippen molar-refractivity contribution in [2.45, 2.75) is 32.7 Å². The Labute approximate surface area is 147 Å². The summed E-state index contributed by atoms with van der Waals surface area (Å²) in [5.41, 5.74) is 1.47. The Hall–Kier alpha value is -2.41. The molecule has 1 saturated heterocycles. The monoisotopic (exact) mass is 344 g/mol. The van der Waals surface area contributed by atoms with Crippen LogP contribution in [-0.4, -0.2) is 59.7 Å². The van der Waals surface area contributed by atoms with E-state index in [4.69, 9.17) is 0 Å². The lowest BCUT2D eigenvalue weighted by atomic mass is 10.1. The Morgan fingerprint density at radius 2 is 1.40 bits per heavy atom. The van der Waals surface area contributed by atoms with E-state index in [-0.39, 0.29) is 17.7 Å². The van der Waals surface area contributed by atoms with Crippen LogP contribution < -0.4 is 10.6 Å². The van der Waals surface area contributed by atoms with Crippen molar-refractivity contribution in [2.75, 3.05) is 36.8 Å². The first kappa shape index (κ1) is 17.4. The molecule has 7 nitrogen and oxygen atoms in total. The lowest BCUT2D eigenvalue weighted by molar-refractivity contribution is -0.115. The van der Waals surface area contributed by atoms with Gasteiger partial charge in [0.1, 0.15) is 0 Å². The minimum Gasteiger partial charge on any atom is -0.336 e. The van der Waals surface area contributed by atoms with Crippen LogP contribution in [0.5, 0.6) is 0 Å². The van der Waals surface area contributed by atoms with Gasteiger partial charge in [-0.2, -0.15) is 0 Å². The quantitative estimate of drug-likeness (QED) is 0.868. The van der Waals surface area contributed by atoms with Crippen LogP contribution in [0.4, 0.5) is 11.4 Å². The summed E-state index contributed by atoms with van der Waals surface area (Å²) in [6, 6.07) is 5.67. The number of amides is 3. The molecule has 0 radical (unpaired) electrons. The molecule has 2 aliphatic rings. The largest absolute Gasteiger partial charge is 0.336 e. The fourth-order valence-corrected chi connectivity index (χ4v) is 3.21. The predicted octanol–water partition coefficient (Wildman–Crippen LogP) is 1.52. The second-order valence-electron chi connectivity index (χ2n) is 6.72. The molecule has 0 atom stereocenters. The number of nitrogens with one attached hydrogen (secondary N) is 2. The van der Waals surface area contributed by atoms with Crippen molar-refractivity contribution >= 4 is 29.1 Å². The first-order valence-corrected chi connectivity index (χ1v) is 8.66. The van der Waals surface area contributed by atoms with Crippen LogP contribution in [0.2, 0.25) is 0 Å². The molecule has 134 valence electrons. The highest BCUT2D eigenvalue weighted by molar-refractivity contribution is 6.00. The number of carbonyl (C=O) groups is 3. The highest BCUT2D eigenvalue weighted by Gasteiger charge is 2.32. The van der Waals surface area contributed by atoms with Crippen LogP contribution in [0.1, 0.15) is 37.0 Å². The smallest absolute Gasteiger partial charge is 0.254 e. The number of hydrogen-bond donors (Lipinski definition) is 2. The fourth-order valence-electron chi connectivity index (χ4n) is 3.21. The lowest BCUT2D eigenvalue weighted by Gasteiger charge is -2.35. The number of rotatable bonds is 4. The van der Waals surface area contributed by atoms with Crippen molar-refractivity contribution in [2.24, 2.45) is 0 Å². The molecule has 7 heteroatoms. The molecule has 1 heterocycles. The minimum absolute atomic E-state index is 0.0748. The van der Waals surface area contributed by atoms with Gasteiger partial charge in [0.15, 0.2) is 0 Å². The zero-order valence-corrected chi connectivity index (χ0v) is 14.7. The third-order valence-electron chi connectivity index (χ3n) is 4.49. The van der Waals surface area contributed by atoms with Gasteiger partial charge in [-0.15, -0.1) is 0 Å². The molecule has 2 fully saturated rings. The molecule has 1 aromatic carbocycles. The van der Waals surface area contributed by atoms with Gasteiger partial charge in [-0.1, -0.05) is 0 Å². The van der Waals surface area contributed by atoms with Crippen LogP contribution in [0.15, 0.2) is 18.2 Å². The van der Waals surface area contributed by atoms with Gasteiger partial charge < -0.3 is 15.5 Å². The van der Waals surface area contributed by atoms with E-state index < -0.39 is 0 Å². The molecule has 0 unspecified atom stereocenters. The zero-order valence-electron chi connectivity index (χ0n) is 14.7. The maximum atomic E-state index is 12.8. The highest BCUT2D eigenvalue weighted by atomic mass is 16.2. The molecular weight excluding hydrogens is 320 g/mol. The van der Waals surface area contributed by atoms with Crippen molar-refractivity contribution in [3.05, 3.63) is 23.8 Å². The van der Waals surface area contributed by atoms with Gasteiger partial charge in [0.05, 0.1) is 0 Å². The Kier molecular flexibility index (Phi) is 5.03. The van der Waals surface area contributed by atoms with Crippen molar-refractivity contribution in [1.82, 2.24) is 9.80 Å². The summed E-state index contributed by atoms with van der Waals surface area (Å²) in [6.07, 6.45) is 2.54. The van der Waals surface area contributed by atoms with E-state index >= 15 is 0 Å². The van der Waals surface area contributed by atoms with E-state index in [1.165, 1.54) is 26.7 Å². The SMILES string of the molecule is CC(=O)Nc1cc(NC(C)=O)cc(C(=O)N2CCN(C3CC3)CC2)c1. The Balaban J connectivity index is 1.75. The topological polar surface area (TPSA) is 81.8 Å². The van der Waals surface area contributed by atoms with Gasteiger partial charge in [-0.25, -0.2) is 0 Å². The normalized spacial score (nSPS) is 17.9. The second kappa shape index (κ2) is 7.23. The number of nitrogens with zero attached hydrogens (tertiary/aromatic N) is 2. The van der Waals surface area contributed by atoms with Crippen LogP contribution in [-0.2, 0) is 9.59 Å². The predicted molar refractivity (Wildman–Crippen MR) is 95.5 cm³/mol. The van der Waals surface area contributed by atoms with Crippen LogP contribution in [0, 0.1) is 0 Å². The van der Waals surface area contributed by atoms with Gasteiger partial charge >= 0.3 is 0 Å². The summed E-state index contributed by atoms with van der Waals surface area (Å²) < 4.78 is 0. The molecular formula is C18H24N4O3. The summed E-state index contributed by atoms with van der Waals surface area (Å²) in [5, 5.41) is 5.36. The summed E-state index contributed by atoms with van der Waals surface area (Å²) in [5.74, 6) is -0.526. The van der Waals surface area contributed by atoms with E-state index in [1.54, 1.807) is 18.2 Å². The van der Waals surface area contributed by atoms with Crippen LogP contribution in [0.25, 0.3) is 0 Å². The molecule has 0 aromatic heterocycles. The summed E-state index contributed by atoms with van der Waals surface area (Å²) in [4.78, 5) is 39.8. The molecule has 1 aliphatic carbocycles. The van der Waals surface area contributed by atoms with E-state index in [0.717, 1.165) is 13.1 Å². The first-order valence-electron chi connectivity index (χ1n) is 8.66. The molecule has 1 aromatic rings. The Morgan fingerprint density at radius 1 is 0.880 bits per heavy atom. The third-order valence-corrected chi connectivity index (χ3v) is 4.49. The van der Waals surface area contributed by atoms with E-state index in [0.29, 0.717) is 36.1 Å². The number of piperazine rings is 1. The van der Waals surface area contributed by atoms with Gasteiger partial charge in [0.25, 0.3) is 5.91 Å². The summed E-state index contributed by atoms with van der Waals surface area (Å²) in [6.45, 7) is 6.03. The number of hydrogen-bond acceptors (Lipinski definition) is 4. The Bertz CT molecular complexity index is 657. The summed E-state index contributed by atoms with van der Waals surface area (Å²) in [7, 11) is 0. The summed E-state index contributed by atoms with van der Waals surface area (Å²) >= 11 is 0. The van der Waals surface area contributed by atoms with Gasteiger partial charge in [-0.05, 0) is 31.0 Å². The average Bonchev–Trinajstić information content (AvgIpc) is 3.37. The number of benzene rings is 1. The minimum atomic E-state index is -0.226. The van der Waals surface area contributed by atoms with Gasteiger partial charge in [-0.3, -0.25) is 19.3 Å². The number of anilines is 2. The zero-order chi connectivity index (χ0) is 18.0. The molecule has 3 amide bonds. The van der Waals surface area contributed by atoms with Crippen LogP contribution in [0.3, 0.4) is 0 Å². The Morgan fingerprint density at radius 3 is 1.84 bits per heavy atom. The van der Waals surface area contributed by atoms with Gasteiger partial charge in [0.2, 0.25) is 11.8 Å². The fraction of sp³-hybridized carbons (Fsp3) is 0.500. The standard InChI is InChI=1S/C18H24N4O3/c1-12(23)19-15-9-14(10-16(11-15)20-13(2)24)18(25)22-7-5-21(6-8-22)17-3-4-17/h9-11,17H,3-8H2,1-2H3,(H,19,23)(H,20,24). The average molecular weight is 344 g/mol. The molecule has 1 saturated carbocycles. The van der Waals surface area contributed by atoms with Crippen molar-refractivity contribution in [1.29, 1.82) is 0 Å². The van der Waals surface area contributed by atoms with Crippen molar-refractivity contribution in [3.63, 3.8) is 0 Å². The lowest BCUT2D eigenvalue weighted by Crippen LogP contribution is -2.49. The number of carbonyl (C=O) groups excluding carboxylic acids is 3. The third kappa shape index (κ3) is 4.57. The molecule has 2 N–H and O–H groups in total.